The second kappa shape index (κ2) is 5.45. The molecule has 2 aromatic carbocycles. The molecule has 0 aliphatic rings. The van der Waals surface area contributed by atoms with Gasteiger partial charge >= 0.3 is 0 Å². The summed E-state index contributed by atoms with van der Waals surface area (Å²) in [4.78, 5) is 17.0. The van der Waals surface area contributed by atoms with E-state index in [4.69, 9.17) is 0 Å². The molecule has 4 aromatic rings. The zero-order valence-corrected chi connectivity index (χ0v) is 13.0. The topological polar surface area (TPSA) is 50.2 Å². The summed E-state index contributed by atoms with van der Waals surface area (Å²) >= 11 is 0. The molecule has 0 radical (unpaired) electrons. The van der Waals surface area contributed by atoms with Crippen LogP contribution < -0.4 is 5.56 Å². The van der Waals surface area contributed by atoms with Crippen LogP contribution in [-0.2, 0) is 0 Å². The maximum absolute atomic E-state index is 14.1. The summed E-state index contributed by atoms with van der Waals surface area (Å²) in [6.07, 6.45) is 1.60. The fraction of sp³-hybridized carbons (Fsp3) is 0.0526. The van der Waals surface area contributed by atoms with Gasteiger partial charge in [-0.1, -0.05) is 42.5 Å². The first kappa shape index (κ1) is 14.4. The first-order valence-corrected chi connectivity index (χ1v) is 7.57. The Labute approximate surface area is 137 Å². The first-order valence-electron chi connectivity index (χ1n) is 7.57. The number of aryl methyl sites for hydroxylation is 1. The number of nitrogens with one attached hydrogen (secondary N) is 1. The smallest absolute Gasteiger partial charge is 0.273 e. The Bertz CT molecular complexity index is 1110. The van der Waals surface area contributed by atoms with E-state index in [1.807, 2.05) is 31.2 Å². The van der Waals surface area contributed by atoms with Gasteiger partial charge in [0.2, 0.25) is 0 Å². The second-order valence-corrected chi connectivity index (χ2v) is 5.62. The summed E-state index contributed by atoms with van der Waals surface area (Å²) in [5.74, 6) is -0.352. The van der Waals surface area contributed by atoms with Crippen molar-refractivity contribution in [3.63, 3.8) is 0 Å². The number of aromatic nitrogens is 3. The van der Waals surface area contributed by atoms with Crippen LogP contribution in [0.25, 0.3) is 28.0 Å². The maximum atomic E-state index is 14.1. The number of hydrogen-bond donors (Lipinski definition) is 1. The number of H-pyrrole nitrogens is 1. The molecule has 118 valence electrons. The van der Waals surface area contributed by atoms with Crippen molar-refractivity contribution in [2.24, 2.45) is 0 Å². The summed E-state index contributed by atoms with van der Waals surface area (Å²) in [7, 11) is 0. The average molecular weight is 319 g/mol. The normalized spacial score (nSPS) is 11.1. The number of benzene rings is 2. The van der Waals surface area contributed by atoms with Crippen molar-refractivity contribution in [3.8, 4) is 22.4 Å². The van der Waals surface area contributed by atoms with Crippen molar-refractivity contribution < 1.29 is 4.39 Å². The molecule has 0 spiro atoms. The Morgan fingerprint density at radius 2 is 1.71 bits per heavy atom. The lowest BCUT2D eigenvalue weighted by Crippen LogP contribution is -2.14. The third-order valence-corrected chi connectivity index (χ3v) is 4.08. The molecular formula is C19H14FN3O. The molecule has 2 heterocycles. The van der Waals surface area contributed by atoms with E-state index in [0.29, 0.717) is 22.5 Å². The van der Waals surface area contributed by atoms with Crippen LogP contribution >= 0.6 is 0 Å². The minimum atomic E-state index is -0.352. The van der Waals surface area contributed by atoms with Crippen LogP contribution in [-0.4, -0.2) is 14.6 Å². The van der Waals surface area contributed by atoms with Crippen LogP contribution in [0.4, 0.5) is 4.39 Å². The SMILES string of the molecule is Cc1ccccc1-c1cc(=O)n2[nH]cc(-c3ccccc3F)c2n1. The van der Waals surface area contributed by atoms with Gasteiger partial charge in [0.15, 0.2) is 5.65 Å². The van der Waals surface area contributed by atoms with E-state index in [0.717, 1.165) is 11.1 Å². The van der Waals surface area contributed by atoms with E-state index in [2.05, 4.69) is 10.1 Å². The van der Waals surface area contributed by atoms with Crippen LogP contribution in [0, 0.1) is 12.7 Å². The van der Waals surface area contributed by atoms with Gasteiger partial charge in [0.1, 0.15) is 5.82 Å². The van der Waals surface area contributed by atoms with Gasteiger partial charge in [0.25, 0.3) is 5.56 Å². The van der Waals surface area contributed by atoms with E-state index < -0.39 is 0 Å². The van der Waals surface area contributed by atoms with E-state index in [9.17, 15) is 9.18 Å². The fourth-order valence-electron chi connectivity index (χ4n) is 2.86. The highest BCUT2D eigenvalue weighted by atomic mass is 19.1. The summed E-state index contributed by atoms with van der Waals surface area (Å²) in [5.41, 5.74) is 3.63. The Hall–Kier alpha value is -3.21. The minimum Gasteiger partial charge on any atom is -0.296 e. The van der Waals surface area contributed by atoms with Gasteiger partial charge in [-0.25, -0.2) is 13.9 Å². The predicted octanol–water partition coefficient (Wildman–Crippen LogP) is 3.80. The number of nitrogens with zero attached hydrogens (tertiary/aromatic N) is 2. The van der Waals surface area contributed by atoms with Crippen LogP contribution in [0.15, 0.2) is 65.6 Å². The van der Waals surface area contributed by atoms with Gasteiger partial charge < -0.3 is 0 Å². The van der Waals surface area contributed by atoms with E-state index in [-0.39, 0.29) is 11.4 Å². The highest BCUT2D eigenvalue weighted by Gasteiger charge is 2.14. The monoisotopic (exact) mass is 319 g/mol. The van der Waals surface area contributed by atoms with Crippen LogP contribution in [0.3, 0.4) is 0 Å². The number of aromatic amines is 1. The lowest BCUT2D eigenvalue weighted by Gasteiger charge is -2.06. The van der Waals surface area contributed by atoms with Gasteiger partial charge in [-0.05, 0) is 18.6 Å². The molecule has 0 fully saturated rings. The first-order chi connectivity index (χ1) is 11.6. The summed E-state index contributed by atoms with van der Waals surface area (Å²) in [5, 5.41) is 2.85. The largest absolute Gasteiger partial charge is 0.296 e. The van der Waals surface area contributed by atoms with Crippen molar-refractivity contribution in [2.45, 2.75) is 6.92 Å². The molecule has 2 aromatic heterocycles. The van der Waals surface area contributed by atoms with Gasteiger partial charge in [-0.2, -0.15) is 0 Å². The molecule has 4 nitrogen and oxygen atoms in total. The highest BCUT2D eigenvalue weighted by molar-refractivity contribution is 5.79. The Kier molecular flexibility index (Phi) is 3.27. The van der Waals surface area contributed by atoms with Crippen molar-refractivity contribution in [1.29, 1.82) is 0 Å². The summed E-state index contributed by atoms with van der Waals surface area (Å²) in [6.45, 7) is 1.97. The summed E-state index contributed by atoms with van der Waals surface area (Å²) < 4.78 is 15.5. The maximum Gasteiger partial charge on any atom is 0.273 e. The van der Waals surface area contributed by atoms with E-state index >= 15 is 0 Å². The molecule has 0 saturated carbocycles. The number of halogens is 1. The third kappa shape index (κ3) is 2.22. The number of fused-ring (bicyclic) bond motifs is 1. The van der Waals surface area contributed by atoms with Crippen molar-refractivity contribution >= 4 is 5.65 Å². The van der Waals surface area contributed by atoms with E-state index in [1.54, 1.807) is 24.4 Å². The molecule has 0 aliphatic heterocycles. The van der Waals surface area contributed by atoms with Crippen molar-refractivity contribution in [3.05, 3.63) is 82.5 Å². The molecule has 1 N–H and O–H groups in total. The molecule has 0 aliphatic carbocycles. The molecule has 0 atom stereocenters. The molecular weight excluding hydrogens is 305 g/mol. The Balaban J connectivity index is 2.01. The standard InChI is InChI=1S/C19H14FN3O/c1-12-6-2-3-7-13(12)17-10-18(24)23-19(22-17)15(11-21-23)14-8-4-5-9-16(14)20/h2-11,21H,1H3. The molecule has 5 heteroatoms. The van der Waals surface area contributed by atoms with Crippen molar-refractivity contribution in [1.82, 2.24) is 14.6 Å². The predicted molar refractivity (Wildman–Crippen MR) is 91.4 cm³/mol. The second-order valence-electron chi connectivity index (χ2n) is 5.62. The quantitative estimate of drug-likeness (QED) is 0.611. The molecule has 0 unspecified atom stereocenters. The van der Waals surface area contributed by atoms with Crippen LogP contribution in [0.2, 0.25) is 0 Å². The Morgan fingerprint density at radius 1 is 1.00 bits per heavy atom. The number of hydrogen-bond acceptors (Lipinski definition) is 2. The van der Waals surface area contributed by atoms with E-state index in [1.165, 1.54) is 16.6 Å². The van der Waals surface area contributed by atoms with Gasteiger partial charge in [-0.15, -0.1) is 0 Å². The molecule has 0 amide bonds. The number of rotatable bonds is 2. The average Bonchev–Trinajstić information content (AvgIpc) is 3.00. The Morgan fingerprint density at radius 3 is 2.46 bits per heavy atom. The molecule has 24 heavy (non-hydrogen) atoms. The van der Waals surface area contributed by atoms with Gasteiger partial charge in [0, 0.05) is 29.0 Å². The van der Waals surface area contributed by atoms with Crippen molar-refractivity contribution in [2.75, 3.05) is 0 Å². The lowest BCUT2D eigenvalue weighted by molar-refractivity contribution is 0.631. The molecule has 4 rings (SSSR count). The van der Waals surface area contributed by atoms with Gasteiger partial charge in [-0.3, -0.25) is 9.89 Å². The third-order valence-electron chi connectivity index (χ3n) is 4.08. The molecule has 0 saturated heterocycles. The zero-order valence-electron chi connectivity index (χ0n) is 13.0. The zero-order chi connectivity index (χ0) is 16.7. The van der Waals surface area contributed by atoms with Gasteiger partial charge in [0.05, 0.1) is 5.69 Å². The fourth-order valence-corrected chi connectivity index (χ4v) is 2.86. The minimum absolute atomic E-state index is 0.235. The van der Waals surface area contributed by atoms with Crippen LogP contribution in [0.5, 0.6) is 0 Å². The molecule has 0 bridgehead atoms. The van der Waals surface area contributed by atoms with Crippen LogP contribution in [0.1, 0.15) is 5.56 Å². The summed E-state index contributed by atoms with van der Waals surface area (Å²) in [6, 6.07) is 15.7. The highest BCUT2D eigenvalue weighted by Crippen LogP contribution is 2.27. The lowest BCUT2D eigenvalue weighted by atomic mass is 10.1.